The highest BCUT2D eigenvalue weighted by Crippen LogP contribution is 2.44. The lowest BCUT2D eigenvalue weighted by atomic mass is 9.73. The summed E-state index contributed by atoms with van der Waals surface area (Å²) < 4.78 is 0. The Bertz CT molecular complexity index is 2220. The quantitative estimate of drug-likeness (QED) is 0.204. The van der Waals surface area contributed by atoms with Crippen LogP contribution >= 0.6 is 0 Å². The SMILES string of the molecule is C1=CNC(c2ccc(C3N=C(c4cc5ccccc5c5ccccc45)C=C(C4=CC5C=CC=CC5c5ccccc54)N3)cc2)C=C1. The first kappa shape index (κ1) is 26.7. The molecule has 220 valence electrons. The molecule has 46 heavy (non-hydrogen) atoms. The molecule has 3 nitrogen and oxygen atoms in total. The zero-order valence-corrected chi connectivity index (χ0v) is 25.3. The maximum absolute atomic E-state index is 5.44. The monoisotopic (exact) mass is 591 g/mol. The van der Waals surface area contributed by atoms with Gasteiger partial charge in [0, 0.05) is 28.7 Å². The summed E-state index contributed by atoms with van der Waals surface area (Å²) in [5.74, 6) is 0.664. The van der Waals surface area contributed by atoms with Crippen LogP contribution in [0.2, 0.25) is 0 Å². The molecule has 4 atom stereocenters. The van der Waals surface area contributed by atoms with E-state index in [0.717, 1.165) is 22.5 Å². The van der Waals surface area contributed by atoms with Gasteiger partial charge in [0.25, 0.3) is 0 Å². The first-order valence-corrected chi connectivity index (χ1v) is 16.1. The van der Waals surface area contributed by atoms with Crippen molar-refractivity contribution in [3.8, 4) is 0 Å². The summed E-state index contributed by atoms with van der Waals surface area (Å²) in [6.45, 7) is 0. The normalized spacial score (nSPS) is 22.7. The van der Waals surface area contributed by atoms with Crippen molar-refractivity contribution in [2.24, 2.45) is 10.9 Å². The number of benzene rings is 5. The van der Waals surface area contributed by atoms with Crippen molar-refractivity contribution >= 4 is 32.8 Å². The molecular weight excluding hydrogens is 558 g/mol. The highest BCUT2D eigenvalue weighted by atomic mass is 15.1. The lowest BCUT2D eigenvalue weighted by molar-refractivity contribution is 0.627. The molecular formula is C43H33N3. The van der Waals surface area contributed by atoms with Gasteiger partial charge in [-0.05, 0) is 68.2 Å². The van der Waals surface area contributed by atoms with E-state index in [1.54, 1.807) is 0 Å². The Morgan fingerprint density at radius 2 is 1.35 bits per heavy atom. The smallest absolute Gasteiger partial charge is 0.145 e. The highest BCUT2D eigenvalue weighted by molar-refractivity contribution is 6.23. The number of fused-ring (bicyclic) bond motifs is 6. The molecule has 0 aromatic heterocycles. The van der Waals surface area contributed by atoms with Crippen LogP contribution in [0.25, 0.3) is 27.1 Å². The zero-order valence-electron chi connectivity index (χ0n) is 25.3. The van der Waals surface area contributed by atoms with Crippen LogP contribution in [-0.2, 0) is 0 Å². The van der Waals surface area contributed by atoms with E-state index in [2.05, 4.69) is 162 Å². The van der Waals surface area contributed by atoms with Crippen LogP contribution < -0.4 is 10.6 Å². The number of dihydropyridines is 1. The Morgan fingerprint density at radius 1 is 0.609 bits per heavy atom. The number of hydrogen-bond acceptors (Lipinski definition) is 3. The Morgan fingerprint density at radius 3 is 2.22 bits per heavy atom. The van der Waals surface area contributed by atoms with Gasteiger partial charge in [0.1, 0.15) is 6.17 Å². The van der Waals surface area contributed by atoms with E-state index in [-0.39, 0.29) is 12.2 Å². The van der Waals surface area contributed by atoms with Crippen LogP contribution in [0.3, 0.4) is 0 Å². The molecule has 2 aliphatic carbocycles. The van der Waals surface area contributed by atoms with Gasteiger partial charge in [0.05, 0.1) is 11.8 Å². The summed E-state index contributed by atoms with van der Waals surface area (Å²) in [7, 11) is 0. The van der Waals surface area contributed by atoms with Gasteiger partial charge in [-0.15, -0.1) is 0 Å². The number of rotatable bonds is 4. The maximum Gasteiger partial charge on any atom is 0.145 e. The van der Waals surface area contributed by atoms with Crippen LogP contribution in [0.4, 0.5) is 0 Å². The van der Waals surface area contributed by atoms with E-state index >= 15 is 0 Å². The van der Waals surface area contributed by atoms with E-state index in [0.29, 0.717) is 11.8 Å². The predicted molar refractivity (Wildman–Crippen MR) is 191 cm³/mol. The van der Waals surface area contributed by atoms with Crippen LogP contribution in [0.15, 0.2) is 175 Å². The number of hydrogen-bond donors (Lipinski definition) is 2. The predicted octanol–water partition coefficient (Wildman–Crippen LogP) is 9.61. The average molecular weight is 592 g/mol. The molecule has 3 heteroatoms. The van der Waals surface area contributed by atoms with Gasteiger partial charge in [-0.25, -0.2) is 0 Å². The summed E-state index contributed by atoms with van der Waals surface area (Å²) in [6.07, 6.45) is 21.8. The van der Waals surface area contributed by atoms with Crippen molar-refractivity contribution in [1.82, 2.24) is 10.6 Å². The standard InChI is InChI=1S/C43H33N3/c1-3-13-32-30(11-1)25-38(36-17-7-5-15-34(32)36)41-27-42(39-26-31-12-2-4-14-33(31)35-16-6-8-18-37(35)39)46-43(45-41)29-22-20-28(21-23-29)40-19-9-10-24-44-40/h1-27,30,32,40,43-45H. The van der Waals surface area contributed by atoms with Crippen molar-refractivity contribution in [1.29, 1.82) is 0 Å². The Kier molecular flexibility index (Phi) is 6.41. The Hall–Kier alpha value is -5.67. The van der Waals surface area contributed by atoms with Gasteiger partial charge in [-0.1, -0.05) is 140 Å². The van der Waals surface area contributed by atoms with Gasteiger partial charge < -0.3 is 10.6 Å². The largest absolute Gasteiger partial charge is 0.381 e. The van der Waals surface area contributed by atoms with Gasteiger partial charge in [-0.3, -0.25) is 4.99 Å². The number of aliphatic imine (C=N–C) groups is 1. The molecule has 0 saturated carbocycles. The van der Waals surface area contributed by atoms with Crippen molar-refractivity contribution < 1.29 is 0 Å². The molecule has 9 rings (SSSR count). The summed E-state index contributed by atoms with van der Waals surface area (Å²) in [4.78, 5) is 5.44. The first-order valence-electron chi connectivity index (χ1n) is 16.1. The third-order valence-corrected chi connectivity index (χ3v) is 9.72. The third-order valence-electron chi connectivity index (χ3n) is 9.72. The van der Waals surface area contributed by atoms with Gasteiger partial charge in [0.15, 0.2) is 0 Å². The summed E-state index contributed by atoms with van der Waals surface area (Å²) in [6, 6.07) is 37.6. The molecule has 2 aliphatic heterocycles. The minimum atomic E-state index is -0.239. The fourth-order valence-electron chi connectivity index (χ4n) is 7.44. The van der Waals surface area contributed by atoms with Crippen LogP contribution in [0.1, 0.15) is 45.9 Å². The second kappa shape index (κ2) is 11.0. The van der Waals surface area contributed by atoms with E-state index < -0.39 is 0 Å². The molecule has 0 spiro atoms. The second-order valence-corrected chi connectivity index (χ2v) is 12.4. The molecule has 2 heterocycles. The Labute approximate surface area is 269 Å². The molecule has 5 aromatic rings. The fourth-order valence-corrected chi connectivity index (χ4v) is 7.44. The molecule has 0 bridgehead atoms. The van der Waals surface area contributed by atoms with Gasteiger partial charge >= 0.3 is 0 Å². The van der Waals surface area contributed by atoms with Gasteiger partial charge in [-0.2, -0.15) is 0 Å². The van der Waals surface area contributed by atoms with Crippen LogP contribution in [0.5, 0.6) is 0 Å². The number of nitrogens with one attached hydrogen (secondary N) is 2. The number of nitrogens with zero attached hydrogens (tertiary/aromatic N) is 1. The molecule has 0 amide bonds. The average Bonchev–Trinajstić information content (AvgIpc) is 3.14. The van der Waals surface area contributed by atoms with Crippen molar-refractivity contribution in [3.63, 3.8) is 0 Å². The fraction of sp³-hybridized carbons (Fsp3) is 0.0930. The molecule has 0 radical (unpaired) electrons. The molecule has 4 aliphatic rings. The topological polar surface area (TPSA) is 36.4 Å². The lowest BCUT2D eigenvalue weighted by Crippen LogP contribution is -2.28. The summed E-state index contributed by atoms with van der Waals surface area (Å²) in [5.41, 5.74) is 9.50. The Balaban J connectivity index is 1.21. The van der Waals surface area contributed by atoms with Crippen molar-refractivity contribution in [3.05, 3.63) is 198 Å². The lowest BCUT2D eigenvalue weighted by Gasteiger charge is -2.34. The maximum atomic E-state index is 5.44. The molecule has 0 fully saturated rings. The first-order chi connectivity index (χ1) is 22.8. The van der Waals surface area contributed by atoms with E-state index in [4.69, 9.17) is 4.99 Å². The van der Waals surface area contributed by atoms with Gasteiger partial charge in [0.2, 0.25) is 0 Å². The highest BCUT2D eigenvalue weighted by Gasteiger charge is 2.31. The summed E-state index contributed by atoms with van der Waals surface area (Å²) in [5, 5.41) is 12.3. The van der Waals surface area contributed by atoms with Crippen LogP contribution in [0, 0.1) is 5.92 Å². The van der Waals surface area contributed by atoms with Crippen molar-refractivity contribution in [2.75, 3.05) is 0 Å². The van der Waals surface area contributed by atoms with E-state index in [9.17, 15) is 0 Å². The molecule has 5 aromatic carbocycles. The minimum absolute atomic E-state index is 0.172. The molecule has 0 saturated heterocycles. The minimum Gasteiger partial charge on any atom is -0.381 e. The summed E-state index contributed by atoms with van der Waals surface area (Å²) >= 11 is 0. The third kappa shape index (κ3) is 4.55. The molecule has 2 N–H and O–H groups in total. The molecule has 4 unspecified atom stereocenters. The second-order valence-electron chi connectivity index (χ2n) is 12.4. The van der Waals surface area contributed by atoms with E-state index in [1.807, 2.05) is 12.3 Å². The zero-order chi connectivity index (χ0) is 30.5. The van der Waals surface area contributed by atoms with E-state index in [1.165, 1.54) is 43.8 Å². The van der Waals surface area contributed by atoms with Crippen LogP contribution in [-0.4, -0.2) is 5.71 Å². The number of allylic oxidation sites excluding steroid dienone is 9. The van der Waals surface area contributed by atoms with Crippen molar-refractivity contribution in [2.45, 2.75) is 18.1 Å².